The number of aliphatic hydroxyl groups is 6. The molecule has 0 aromatic rings. The fourth-order valence-corrected chi connectivity index (χ4v) is 8.77. The maximum Gasteiger partial charge on any atom is 0.508 e. The summed E-state index contributed by atoms with van der Waals surface area (Å²) in [6.45, 7) is 14.1. The molecule has 2 saturated heterocycles. The van der Waals surface area contributed by atoms with Crippen LogP contribution in [0.25, 0.3) is 0 Å². The van der Waals surface area contributed by atoms with Crippen molar-refractivity contribution < 1.29 is 87.8 Å². The normalized spacial score (nSPS) is 22.9. The molecular formula is C56H98N4O18. The first-order valence-corrected chi connectivity index (χ1v) is 28.1. The van der Waals surface area contributed by atoms with Crippen molar-refractivity contribution in [2.75, 3.05) is 40.5 Å². The minimum absolute atomic E-state index is 0.0757. The zero-order valence-corrected chi connectivity index (χ0v) is 48.0. The van der Waals surface area contributed by atoms with Crippen molar-refractivity contribution in [3.8, 4) is 0 Å². The Kier molecular flexibility index (Phi) is 33.0. The number of aliphatic hydroxyl groups excluding tert-OH is 6. The fourth-order valence-electron chi connectivity index (χ4n) is 8.77. The molecule has 0 unspecified atom stereocenters. The molecular weight excluding hydrogens is 1020 g/mol. The molecule has 1 saturated carbocycles. The minimum atomic E-state index is -1.76. The molecule has 0 aromatic carbocycles. The van der Waals surface area contributed by atoms with Crippen molar-refractivity contribution in [3.05, 3.63) is 24.3 Å². The van der Waals surface area contributed by atoms with E-state index in [1.54, 1.807) is 12.2 Å². The number of unbranched alkanes of at least 4 members (excludes halogenated alkanes) is 8. The number of nitrogens with one attached hydrogen (secondary N) is 4. The Morgan fingerprint density at radius 3 is 1.40 bits per heavy atom. The number of carbonyl (C=O) groups is 6. The smallest absolute Gasteiger partial charge is 0.459 e. The summed E-state index contributed by atoms with van der Waals surface area (Å²) in [5.74, 6) is -3.11. The van der Waals surface area contributed by atoms with Crippen molar-refractivity contribution in [3.63, 3.8) is 0 Å². The number of hydrogen-bond acceptors (Lipinski definition) is 18. The second-order valence-electron chi connectivity index (χ2n) is 22.8. The molecule has 0 aromatic heterocycles. The van der Waals surface area contributed by atoms with E-state index < -0.39 is 109 Å². The number of esters is 1. The predicted octanol–water partition coefficient (Wildman–Crippen LogP) is 3.48. The molecule has 3 fully saturated rings. The zero-order valence-electron chi connectivity index (χ0n) is 48.0. The van der Waals surface area contributed by atoms with Gasteiger partial charge in [0, 0.05) is 20.8 Å². The molecule has 450 valence electrons. The molecule has 22 nitrogen and oxygen atoms in total. The lowest BCUT2D eigenvalue weighted by molar-refractivity contribution is -0.154. The summed E-state index contributed by atoms with van der Waals surface area (Å²) in [6, 6.07) is -1.93. The average molecular weight is 1120 g/mol. The van der Waals surface area contributed by atoms with E-state index in [1.165, 1.54) is 71.3 Å². The number of allylic oxidation sites excluding steroid dienone is 2. The Morgan fingerprint density at radius 1 is 0.564 bits per heavy atom. The number of methoxy groups -OCH3 is 2. The summed E-state index contributed by atoms with van der Waals surface area (Å²) < 4.78 is 31.8. The predicted molar refractivity (Wildman–Crippen MR) is 289 cm³/mol. The minimum Gasteiger partial charge on any atom is -0.459 e. The maximum absolute atomic E-state index is 12.8. The Morgan fingerprint density at radius 2 is 0.974 bits per heavy atom. The number of carbonyl (C=O) groups excluding carboxylic acids is 6. The molecule has 78 heavy (non-hydrogen) atoms. The van der Waals surface area contributed by atoms with Crippen LogP contribution >= 0.6 is 0 Å². The number of ether oxygens (including phenoxy) is 6. The van der Waals surface area contributed by atoms with Crippen LogP contribution in [-0.2, 0) is 52.4 Å². The molecule has 1 aliphatic carbocycles. The third-order valence-corrected chi connectivity index (χ3v) is 13.4. The lowest BCUT2D eigenvalue weighted by atomic mass is 9.94. The molecule has 0 spiro atoms. The lowest BCUT2D eigenvalue weighted by Crippen LogP contribution is -2.55. The Labute approximate surface area is 462 Å². The van der Waals surface area contributed by atoms with Gasteiger partial charge in [-0.15, -0.1) is 0 Å². The monoisotopic (exact) mass is 1110 g/mol. The number of rotatable bonds is 29. The molecule has 2 aliphatic heterocycles. The molecule has 0 radical (unpaired) electrons. The summed E-state index contributed by atoms with van der Waals surface area (Å²) in [6.07, 6.45) is 7.65. The van der Waals surface area contributed by atoms with E-state index in [0.29, 0.717) is 19.4 Å². The Bertz CT molecular complexity index is 1830. The van der Waals surface area contributed by atoms with E-state index in [4.69, 9.17) is 28.4 Å². The third-order valence-electron chi connectivity index (χ3n) is 13.4. The van der Waals surface area contributed by atoms with Gasteiger partial charge >= 0.3 is 12.1 Å². The van der Waals surface area contributed by atoms with Gasteiger partial charge in [-0.05, 0) is 68.6 Å². The van der Waals surface area contributed by atoms with Crippen LogP contribution in [0.15, 0.2) is 24.3 Å². The van der Waals surface area contributed by atoms with Crippen molar-refractivity contribution in [1.82, 2.24) is 21.3 Å². The van der Waals surface area contributed by atoms with Crippen LogP contribution in [0.2, 0.25) is 0 Å². The highest BCUT2D eigenvalue weighted by molar-refractivity contribution is 5.90. The highest BCUT2D eigenvalue weighted by atomic mass is 16.7. The van der Waals surface area contributed by atoms with Crippen LogP contribution in [0.3, 0.4) is 0 Å². The second-order valence-corrected chi connectivity index (χ2v) is 22.8. The molecule has 10 N–H and O–H groups in total. The van der Waals surface area contributed by atoms with E-state index in [2.05, 4.69) is 28.2 Å². The first-order chi connectivity index (χ1) is 36.8. The fraction of sp³-hybridized carbons (Fsp3) is 0.821. The number of hydrogen-bond donors (Lipinski definition) is 10. The van der Waals surface area contributed by atoms with Crippen molar-refractivity contribution in [2.24, 2.45) is 10.8 Å². The van der Waals surface area contributed by atoms with Gasteiger partial charge in [-0.3, -0.25) is 19.2 Å². The van der Waals surface area contributed by atoms with Gasteiger partial charge in [0.15, 0.2) is 12.2 Å². The van der Waals surface area contributed by atoms with Gasteiger partial charge in [0.25, 0.3) is 11.8 Å². The molecule has 12 atom stereocenters. The Hall–Kier alpha value is -4.26. The largest absolute Gasteiger partial charge is 0.508 e. The Balaban J connectivity index is 0.000000539. The van der Waals surface area contributed by atoms with E-state index in [0.717, 1.165) is 44.9 Å². The van der Waals surface area contributed by atoms with Gasteiger partial charge in [0.05, 0.1) is 13.1 Å². The summed E-state index contributed by atoms with van der Waals surface area (Å²) in [5, 5.41) is 72.4. The lowest BCUT2D eigenvalue weighted by Gasteiger charge is -2.28. The molecule has 3 aliphatic rings. The topological polar surface area (TPSA) is 327 Å². The van der Waals surface area contributed by atoms with E-state index in [9.17, 15) is 59.4 Å². The molecule has 2 heterocycles. The van der Waals surface area contributed by atoms with Gasteiger partial charge in [-0.1, -0.05) is 131 Å². The summed E-state index contributed by atoms with van der Waals surface area (Å²) >= 11 is 0. The van der Waals surface area contributed by atoms with E-state index in [1.807, 2.05) is 41.5 Å². The summed E-state index contributed by atoms with van der Waals surface area (Å²) in [5.41, 5.74) is -0.521. The highest BCUT2D eigenvalue weighted by Gasteiger charge is 2.40. The van der Waals surface area contributed by atoms with Crippen LogP contribution < -0.4 is 21.3 Å². The first kappa shape index (κ1) is 69.8. The van der Waals surface area contributed by atoms with E-state index in [-0.39, 0.29) is 49.5 Å². The third kappa shape index (κ3) is 28.2. The standard InChI is InChI=1S/C31H56N2O9.C25H42N2O9/c1-6-7-8-9-10-11-12-13-14-19-41-21-25(35)42-22-15-16-23(29(38)32-20-22)33-30(39)28(40-5)27(37)26(36)24(34)17-18-31(2,3)4;1-25(2,3)13-12-18(28)19(29)20(30)21(34-4)23(32)27-17-11-10-16(14-26-22(17)31)36-24(33)35-15-8-6-5-7-9-15/h17-18,22-24,26-28,34,36-37H,6-16,19-21H2,1-5H3,(H,32,38)(H,33,39);12-13,15-21,28-30H,5-11,14H2,1-4H3,(H,26,31)(H,27,32)/b18-17+;13-12+/t22-,23+,24-,26+,27-,28-;16-,17+,18-,19+,20-,21-/m11/s1. The SMILES string of the molecule is CCCCCCCCCCCOCC(=O)O[C@@H]1CC[C@H](NC(=O)[C@H](OC)[C@H](O)[C@@H](O)[C@H](O)/C=C/C(C)(C)C)C(=O)NC1.CO[C@@H](C(=O)N[C@H]1CC[C@@H](OC(=O)OC2CCCCC2)CNC1=O)[C@H](O)[C@@H](O)[C@H](O)/C=C/C(C)(C)C. The van der Waals surface area contributed by atoms with Crippen molar-refractivity contribution in [1.29, 1.82) is 0 Å². The summed E-state index contributed by atoms with van der Waals surface area (Å²) in [7, 11) is 2.35. The van der Waals surface area contributed by atoms with Crippen LogP contribution in [0.5, 0.6) is 0 Å². The van der Waals surface area contributed by atoms with Gasteiger partial charge in [-0.2, -0.15) is 0 Å². The van der Waals surface area contributed by atoms with Gasteiger partial charge in [0.2, 0.25) is 11.8 Å². The molecule has 22 heteroatoms. The number of amides is 4. The van der Waals surface area contributed by atoms with Gasteiger partial charge < -0.3 is 80.3 Å². The summed E-state index contributed by atoms with van der Waals surface area (Å²) in [4.78, 5) is 75.1. The molecule has 3 rings (SSSR count). The van der Waals surface area contributed by atoms with E-state index >= 15 is 0 Å². The second kappa shape index (κ2) is 36.9. The van der Waals surface area contributed by atoms with Gasteiger partial charge in [0.1, 0.15) is 73.6 Å². The van der Waals surface area contributed by atoms with Crippen LogP contribution in [-0.4, -0.2) is 186 Å². The first-order valence-electron chi connectivity index (χ1n) is 28.1. The molecule has 4 amide bonds. The quantitative estimate of drug-likeness (QED) is 0.0291. The average Bonchev–Trinajstić information content (AvgIpc) is 3.66. The van der Waals surface area contributed by atoms with Crippen LogP contribution in [0.1, 0.15) is 164 Å². The van der Waals surface area contributed by atoms with Gasteiger partial charge in [-0.25, -0.2) is 9.59 Å². The van der Waals surface area contributed by atoms with Crippen LogP contribution in [0, 0.1) is 10.8 Å². The molecule has 0 bridgehead atoms. The zero-order chi connectivity index (χ0) is 58.4. The maximum atomic E-state index is 12.8. The van der Waals surface area contributed by atoms with Crippen LogP contribution in [0.4, 0.5) is 4.79 Å². The highest BCUT2D eigenvalue weighted by Crippen LogP contribution is 2.23. The van der Waals surface area contributed by atoms with Crippen molar-refractivity contribution >= 4 is 35.8 Å². The van der Waals surface area contributed by atoms with Crippen molar-refractivity contribution in [2.45, 2.75) is 243 Å².